The van der Waals surface area contributed by atoms with Gasteiger partial charge in [-0.3, -0.25) is 0 Å². The molecule has 0 aliphatic carbocycles. The summed E-state index contributed by atoms with van der Waals surface area (Å²) in [4.78, 5) is 0. The summed E-state index contributed by atoms with van der Waals surface area (Å²) in [6.07, 6.45) is 1.72. The molecule has 19 heavy (non-hydrogen) atoms. The van der Waals surface area contributed by atoms with Crippen molar-refractivity contribution < 1.29 is 13.2 Å². The van der Waals surface area contributed by atoms with Crippen LogP contribution >= 0.6 is 0 Å². The van der Waals surface area contributed by atoms with E-state index in [0.717, 1.165) is 12.8 Å². The fraction of sp³-hybridized carbons (Fsp3) is 1.00. The van der Waals surface area contributed by atoms with Crippen molar-refractivity contribution in [1.29, 1.82) is 0 Å². The second kappa shape index (κ2) is 5.65. The van der Waals surface area contributed by atoms with Gasteiger partial charge in [0.25, 0.3) is 10.2 Å². The number of rotatable bonds is 3. The second-order valence-electron chi connectivity index (χ2n) is 6.02. The molecule has 2 heterocycles. The monoisotopic (exact) mass is 291 g/mol. The average Bonchev–Trinajstić information content (AvgIpc) is 2.38. The van der Waals surface area contributed by atoms with Gasteiger partial charge in [-0.2, -0.15) is 17.0 Å². The van der Waals surface area contributed by atoms with Gasteiger partial charge in [-0.05, 0) is 39.2 Å². The Bertz CT molecular complexity index is 402. The topological polar surface area (TPSA) is 75.9 Å². The van der Waals surface area contributed by atoms with Gasteiger partial charge in [0.1, 0.15) is 0 Å². The molecule has 0 atom stereocenters. The van der Waals surface area contributed by atoms with Crippen LogP contribution in [0.2, 0.25) is 0 Å². The van der Waals surface area contributed by atoms with Crippen molar-refractivity contribution in [3.63, 3.8) is 0 Å². The minimum Gasteiger partial charge on any atom is -0.378 e. The van der Waals surface area contributed by atoms with Crippen molar-refractivity contribution >= 4 is 10.2 Å². The first-order valence-corrected chi connectivity index (χ1v) is 8.33. The van der Waals surface area contributed by atoms with Gasteiger partial charge in [0.2, 0.25) is 0 Å². The molecule has 0 aromatic heterocycles. The van der Waals surface area contributed by atoms with Gasteiger partial charge in [0.05, 0.1) is 18.8 Å². The van der Waals surface area contributed by atoms with Crippen molar-refractivity contribution in [2.24, 2.45) is 11.7 Å². The highest BCUT2D eigenvalue weighted by Crippen LogP contribution is 2.27. The number of piperidine rings is 1. The third-order valence-electron chi connectivity index (χ3n) is 4.08. The van der Waals surface area contributed by atoms with Crippen molar-refractivity contribution in [3.05, 3.63) is 0 Å². The van der Waals surface area contributed by atoms with Gasteiger partial charge in [0, 0.05) is 19.6 Å². The first-order chi connectivity index (χ1) is 8.88. The standard InChI is InChI=1S/C12H25N3O3S/c1-12(2)10-18-8-7-15(12)19(16,17)14-5-3-11(9-13)4-6-14/h11H,3-10,13H2,1-2H3. The molecule has 2 saturated heterocycles. The van der Waals surface area contributed by atoms with Crippen LogP contribution in [0.5, 0.6) is 0 Å². The third kappa shape index (κ3) is 3.11. The van der Waals surface area contributed by atoms with E-state index in [9.17, 15) is 8.42 Å². The van der Waals surface area contributed by atoms with E-state index in [1.165, 1.54) is 0 Å². The van der Waals surface area contributed by atoms with Crippen LogP contribution in [0.25, 0.3) is 0 Å². The zero-order valence-electron chi connectivity index (χ0n) is 11.8. The van der Waals surface area contributed by atoms with Crippen LogP contribution in [0, 0.1) is 5.92 Å². The zero-order valence-corrected chi connectivity index (χ0v) is 12.7. The first kappa shape index (κ1) is 15.2. The predicted molar refractivity (Wildman–Crippen MR) is 73.9 cm³/mol. The molecule has 2 N–H and O–H groups in total. The summed E-state index contributed by atoms with van der Waals surface area (Å²) in [7, 11) is -3.38. The van der Waals surface area contributed by atoms with Gasteiger partial charge >= 0.3 is 0 Å². The normalized spacial score (nSPS) is 27.5. The van der Waals surface area contributed by atoms with E-state index in [1.54, 1.807) is 8.61 Å². The van der Waals surface area contributed by atoms with Crippen LogP contribution in [0.3, 0.4) is 0 Å². The number of nitrogens with two attached hydrogens (primary N) is 1. The first-order valence-electron chi connectivity index (χ1n) is 6.93. The SMILES string of the molecule is CC1(C)COCCN1S(=O)(=O)N1CCC(CN)CC1. The van der Waals surface area contributed by atoms with Crippen LogP contribution in [0.4, 0.5) is 0 Å². The molecule has 2 fully saturated rings. The molecule has 0 radical (unpaired) electrons. The quantitative estimate of drug-likeness (QED) is 0.795. The number of nitrogens with zero attached hydrogens (tertiary/aromatic N) is 2. The molecule has 2 aliphatic heterocycles. The lowest BCUT2D eigenvalue weighted by Gasteiger charge is -2.44. The van der Waals surface area contributed by atoms with E-state index in [0.29, 0.717) is 45.3 Å². The molecular weight excluding hydrogens is 266 g/mol. The zero-order chi connectivity index (χ0) is 14.1. The minimum absolute atomic E-state index is 0.437. The van der Waals surface area contributed by atoms with Crippen LogP contribution in [-0.4, -0.2) is 62.0 Å². The Balaban J connectivity index is 2.09. The number of hydrogen-bond donors (Lipinski definition) is 1. The molecule has 0 aromatic carbocycles. The minimum atomic E-state index is -3.38. The largest absolute Gasteiger partial charge is 0.378 e. The van der Waals surface area contributed by atoms with E-state index in [2.05, 4.69) is 0 Å². The molecular formula is C12H25N3O3S. The molecule has 0 amide bonds. The highest BCUT2D eigenvalue weighted by atomic mass is 32.2. The molecule has 7 heteroatoms. The highest BCUT2D eigenvalue weighted by Gasteiger charge is 2.42. The van der Waals surface area contributed by atoms with E-state index in [1.807, 2.05) is 13.8 Å². The van der Waals surface area contributed by atoms with Gasteiger partial charge in [-0.25, -0.2) is 0 Å². The predicted octanol–water partition coefficient (Wildman–Crippen LogP) is 0.0127. The Labute approximate surface area is 116 Å². The lowest BCUT2D eigenvalue weighted by atomic mass is 9.99. The van der Waals surface area contributed by atoms with E-state index in [-0.39, 0.29) is 0 Å². The third-order valence-corrected chi connectivity index (χ3v) is 6.33. The Hall–Kier alpha value is -0.210. The van der Waals surface area contributed by atoms with Crippen molar-refractivity contribution in [2.45, 2.75) is 32.2 Å². The van der Waals surface area contributed by atoms with Gasteiger partial charge in [-0.1, -0.05) is 0 Å². The van der Waals surface area contributed by atoms with Gasteiger partial charge in [-0.15, -0.1) is 0 Å². The Morgan fingerprint density at radius 2 is 1.89 bits per heavy atom. The van der Waals surface area contributed by atoms with Crippen LogP contribution < -0.4 is 5.73 Å². The fourth-order valence-electron chi connectivity index (χ4n) is 2.79. The maximum Gasteiger partial charge on any atom is 0.282 e. The maximum atomic E-state index is 12.7. The number of ether oxygens (including phenoxy) is 1. The van der Waals surface area contributed by atoms with Crippen molar-refractivity contribution in [2.75, 3.05) is 39.4 Å². The Morgan fingerprint density at radius 3 is 2.42 bits per heavy atom. The van der Waals surface area contributed by atoms with Crippen LogP contribution in [-0.2, 0) is 14.9 Å². The second-order valence-corrected chi connectivity index (χ2v) is 7.88. The summed E-state index contributed by atoms with van der Waals surface area (Å²) in [5.74, 6) is 0.462. The van der Waals surface area contributed by atoms with Crippen molar-refractivity contribution in [1.82, 2.24) is 8.61 Å². The summed E-state index contributed by atoms with van der Waals surface area (Å²) >= 11 is 0. The molecule has 0 spiro atoms. The Morgan fingerprint density at radius 1 is 1.26 bits per heavy atom. The summed E-state index contributed by atoms with van der Waals surface area (Å²) in [5, 5.41) is 0. The van der Waals surface area contributed by atoms with Crippen LogP contribution in [0.1, 0.15) is 26.7 Å². The Kier molecular flexibility index (Phi) is 4.52. The van der Waals surface area contributed by atoms with Gasteiger partial charge < -0.3 is 10.5 Å². The molecule has 0 saturated carbocycles. The van der Waals surface area contributed by atoms with E-state index in [4.69, 9.17) is 10.5 Å². The average molecular weight is 291 g/mol. The maximum absolute atomic E-state index is 12.7. The van der Waals surface area contributed by atoms with E-state index >= 15 is 0 Å². The molecule has 6 nitrogen and oxygen atoms in total. The summed E-state index contributed by atoms with van der Waals surface area (Å²) in [6.45, 7) is 7.00. The van der Waals surface area contributed by atoms with Gasteiger partial charge in [0.15, 0.2) is 0 Å². The molecule has 2 rings (SSSR count). The lowest BCUT2D eigenvalue weighted by molar-refractivity contribution is -0.0110. The number of hydrogen-bond acceptors (Lipinski definition) is 4. The molecule has 112 valence electrons. The molecule has 0 bridgehead atoms. The number of morpholine rings is 1. The summed E-state index contributed by atoms with van der Waals surface area (Å²) in [6, 6.07) is 0. The van der Waals surface area contributed by atoms with Crippen LogP contribution in [0.15, 0.2) is 0 Å². The fourth-order valence-corrected chi connectivity index (χ4v) is 4.72. The lowest BCUT2D eigenvalue weighted by Crippen LogP contribution is -2.60. The smallest absolute Gasteiger partial charge is 0.282 e. The van der Waals surface area contributed by atoms with E-state index < -0.39 is 15.7 Å². The molecule has 0 aromatic rings. The molecule has 0 unspecified atom stereocenters. The molecule has 2 aliphatic rings. The summed E-state index contributed by atoms with van der Waals surface area (Å²) in [5.41, 5.74) is 5.18. The summed E-state index contributed by atoms with van der Waals surface area (Å²) < 4.78 is 34.0. The highest BCUT2D eigenvalue weighted by molar-refractivity contribution is 7.86. The van der Waals surface area contributed by atoms with Crippen molar-refractivity contribution in [3.8, 4) is 0 Å².